The van der Waals surface area contributed by atoms with Gasteiger partial charge in [0.2, 0.25) is 0 Å². The molecule has 0 bridgehead atoms. The Morgan fingerprint density at radius 2 is 2.00 bits per heavy atom. The van der Waals surface area contributed by atoms with Crippen LogP contribution >= 0.6 is 0 Å². The van der Waals surface area contributed by atoms with Crippen LogP contribution in [-0.2, 0) is 0 Å². The lowest BCUT2D eigenvalue weighted by molar-refractivity contribution is 0.229. The van der Waals surface area contributed by atoms with Crippen LogP contribution in [0.4, 0.5) is 11.6 Å². The third-order valence-corrected chi connectivity index (χ3v) is 3.54. The van der Waals surface area contributed by atoms with Gasteiger partial charge in [-0.1, -0.05) is 6.92 Å². The van der Waals surface area contributed by atoms with Gasteiger partial charge in [0.15, 0.2) is 0 Å². The Kier molecular flexibility index (Phi) is 5.59. The summed E-state index contributed by atoms with van der Waals surface area (Å²) in [6, 6.07) is 1.98. The number of nitrogens with zero attached hydrogens (tertiary/aromatic N) is 2. The van der Waals surface area contributed by atoms with E-state index in [-0.39, 0.29) is 6.61 Å². The molecule has 3 N–H and O–H groups in total. The van der Waals surface area contributed by atoms with E-state index in [1.165, 1.54) is 12.8 Å². The average Bonchev–Trinajstić information content (AvgIpc) is 3.28. The Labute approximate surface area is 121 Å². The summed E-state index contributed by atoms with van der Waals surface area (Å²) in [6.45, 7) is 6.16. The maximum atomic E-state index is 9.00. The van der Waals surface area contributed by atoms with Gasteiger partial charge in [0.05, 0.1) is 0 Å². The first-order valence-corrected chi connectivity index (χ1v) is 7.70. The van der Waals surface area contributed by atoms with Crippen LogP contribution in [0.2, 0.25) is 0 Å². The van der Waals surface area contributed by atoms with E-state index in [0.29, 0.717) is 11.8 Å². The predicted molar refractivity (Wildman–Crippen MR) is 82.1 cm³/mol. The first kappa shape index (κ1) is 15.0. The molecule has 1 saturated carbocycles. The van der Waals surface area contributed by atoms with Crippen molar-refractivity contribution in [3.8, 4) is 0 Å². The molecule has 0 radical (unpaired) electrons. The number of nitrogens with one attached hydrogen (secondary N) is 2. The molecule has 5 nitrogen and oxygen atoms in total. The lowest BCUT2D eigenvalue weighted by Crippen LogP contribution is -2.10. The summed E-state index contributed by atoms with van der Waals surface area (Å²) in [7, 11) is 0. The lowest BCUT2D eigenvalue weighted by atomic mass is 10.1. The van der Waals surface area contributed by atoms with Crippen LogP contribution in [0.3, 0.4) is 0 Å². The van der Waals surface area contributed by atoms with Crippen molar-refractivity contribution in [2.75, 3.05) is 30.3 Å². The van der Waals surface area contributed by atoms with Crippen molar-refractivity contribution in [2.45, 2.75) is 45.4 Å². The standard InChI is InChI=1S/C15H26N4O/c1-3-16-13-9-14(17-8-4-5-11(2)10-20)19-15(18-13)12-6-7-12/h9,11-12,20H,3-8,10H2,1-2H3,(H2,16,17,18,19). The second-order valence-electron chi connectivity index (χ2n) is 5.66. The number of hydrogen-bond donors (Lipinski definition) is 3. The van der Waals surface area contributed by atoms with Crippen LogP contribution in [0.5, 0.6) is 0 Å². The number of rotatable bonds is 9. The summed E-state index contributed by atoms with van der Waals surface area (Å²) in [5, 5.41) is 15.6. The zero-order valence-corrected chi connectivity index (χ0v) is 12.5. The molecule has 5 heteroatoms. The summed E-state index contributed by atoms with van der Waals surface area (Å²) in [4.78, 5) is 9.16. The highest BCUT2D eigenvalue weighted by atomic mass is 16.3. The quantitative estimate of drug-likeness (QED) is 0.606. The van der Waals surface area contributed by atoms with Crippen molar-refractivity contribution in [1.29, 1.82) is 0 Å². The maximum Gasteiger partial charge on any atom is 0.136 e. The summed E-state index contributed by atoms with van der Waals surface area (Å²) in [6.07, 6.45) is 4.50. The molecule has 1 unspecified atom stereocenters. The van der Waals surface area contributed by atoms with Crippen molar-refractivity contribution in [2.24, 2.45) is 5.92 Å². The fourth-order valence-electron chi connectivity index (χ4n) is 2.11. The van der Waals surface area contributed by atoms with E-state index in [4.69, 9.17) is 5.11 Å². The molecule has 1 fully saturated rings. The van der Waals surface area contributed by atoms with Gasteiger partial charge < -0.3 is 15.7 Å². The van der Waals surface area contributed by atoms with E-state index in [9.17, 15) is 0 Å². The van der Waals surface area contributed by atoms with Gasteiger partial charge >= 0.3 is 0 Å². The van der Waals surface area contributed by atoms with Crippen LogP contribution in [-0.4, -0.2) is 34.8 Å². The predicted octanol–water partition coefficient (Wildman–Crippen LogP) is 2.61. The van der Waals surface area contributed by atoms with E-state index < -0.39 is 0 Å². The van der Waals surface area contributed by atoms with Gasteiger partial charge in [0.25, 0.3) is 0 Å². The molecule has 2 rings (SSSR count). The molecule has 1 aliphatic carbocycles. The van der Waals surface area contributed by atoms with Gasteiger partial charge in [-0.25, -0.2) is 9.97 Å². The largest absolute Gasteiger partial charge is 0.396 e. The van der Waals surface area contributed by atoms with E-state index in [0.717, 1.165) is 43.4 Å². The summed E-state index contributed by atoms with van der Waals surface area (Å²) >= 11 is 0. The molecule has 1 heterocycles. The molecule has 0 amide bonds. The van der Waals surface area contributed by atoms with Crippen LogP contribution < -0.4 is 10.6 Å². The maximum absolute atomic E-state index is 9.00. The average molecular weight is 278 g/mol. The van der Waals surface area contributed by atoms with Crippen molar-refractivity contribution in [3.05, 3.63) is 11.9 Å². The Hall–Kier alpha value is -1.36. The van der Waals surface area contributed by atoms with E-state index >= 15 is 0 Å². The second-order valence-corrected chi connectivity index (χ2v) is 5.66. The minimum Gasteiger partial charge on any atom is -0.396 e. The topological polar surface area (TPSA) is 70.1 Å². The third kappa shape index (κ3) is 4.63. The smallest absolute Gasteiger partial charge is 0.136 e. The van der Waals surface area contributed by atoms with Gasteiger partial charge in [-0.2, -0.15) is 0 Å². The van der Waals surface area contributed by atoms with E-state index in [1.54, 1.807) is 0 Å². The van der Waals surface area contributed by atoms with Gasteiger partial charge in [0, 0.05) is 31.7 Å². The zero-order chi connectivity index (χ0) is 14.4. The summed E-state index contributed by atoms with van der Waals surface area (Å²) < 4.78 is 0. The number of aromatic nitrogens is 2. The van der Waals surface area contributed by atoms with Crippen LogP contribution in [0, 0.1) is 5.92 Å². The molecule has 20 heavy (non-hydrogen) atoms. The number of hydrogen-bond acceptors (Lipinski definition) is 5. The van der Waals surface area contributed by atoms with Crippen molar-refractivity contribution in [3.63, 3.8) is 0 Å². The first-order chi connectivity index (χ1) is 9.72. The van der Waals surface area contributed by atoms with Crippen molar-refractivity contribution in [1.82, 2.24) is 9.97 Å². The number of aliphatic hydroxyl groups is 1. The molecule has 1 aliphatic rings. The Morgan fingerprint density at radius 3 is 2.60 bits per heavy atom. The molecule has 0 aromatic carbocycles. The fraction of sp³-hybridized carbons (Fsp3) is 0.733. The zero-order valence-electron chi connectivity index (χ0n) is 12.5. The molecule has 1 aromatic rings. The number of aliphatic hydroxyl groups excluding tert-OH is 1. The van der Waals surface area contributed by atoms with Gasteiger partial charge in [-0.05, 0) is 38.5 Å². The van der Waals surface area contributed by atoms with E-state index in [1.807, 2.05) is 6.07 Å². The number of anilines is 2. The highest BCUT2D eigenvalue weighted by molar-refractivity contribution is 5.48. The van der Waals surface area contributed by atoms with Gasteiger partial charge in [0.1, 0.15) is 17.5 Å². The van der Waals surface area contributed by atoms with Gasteiger partial charge in [-0.3, -0.25) is 0 Å². The van der Waals surface area contributed by atoms with Crippen LogP contribution in [0.1, 0.15) is 51.3 Å². The summed E-state index contributed by atoms with van der Waals surface area (Å²) in [5.74, 6) is 3.73. The molecule has 1 atom stereocenters. The molecule has 1 aromatic heterocycles. The lowest BCUT2D eigenvalue weighted by Gasteiger charge is -2.11. The highest BCUT2D eigenvalue weighted by Gasteiger charge is 2.27. The molecule has 0 saturated heterocycles. The Balaban J connectivity index is 1.89. The molecular weight excluding hydrogens is 252 g/mol. The molecule has 0 aliphatic heterocycles. The SMILES string of the molecule is CCNc1cc(NCCCC(C)CO)nc(C2CC2)n1. The van der Waals surface area contributed by atoms with Crippen LogP contribution in [0.25, 0.3) is 0 Å². The van der Waals surface area contributed by atoms with Crippen molar-refractivity contribution >= 4 is 11.6 Å². The molecular formula is C15H26N4O. The highest BCUT2D eigenvalue weighted by Crippen LogP contribution is 2.38. The fourth-order valence-corrected chi connectivity index (χ4v) is 2.11. The Bertz CT molecular complexity index is 420. The molecule has 112 valence electrons. The van der Waals surface area contributed by atoms with Crippen molar-refractivity contribution < 1.29 is 5.11 Å². The normalized spacial score (nSPS) is 15.9. The molecule has 0 spiro atoms. The minimum absolute atomic E-state index is 0.268. The van der Waals surface area contributed by atoms with E-state index in [2.05, 4.69) is 34.4 Å². The van der Waals surface area contributed by atoms with Crippen LogP contribution in [0.15, 0.2) is 6.07 Å². The second kappa shape index (κ2) is 7.43. The van der Waals surface area contributed by atoms with Gasteiger partial charge in [-0.15, -0.1) is 0 Å². The summed E-state index contributed by atoms with van der Waals surface area (Å²) in [5.41, 5.74) is 0. The third-order valence-electron chi connectivity index (χ3n) is 3.54. The minimum atomic E-state index is 0.268. The monoisotopic (exact) mass is 278 g/mol. The Morgan fingerprint density at radius 1 is 1.30 bits per heavy atom. The first-order valence-electron chi connectivity index (χ1n) is 7.70.